The van der Waals surface area contributed by atoms with Gasteiger partial charge in [-0.3, -0.25) is 9.20 Å². The van der Waals surface area contributed by atoms with E-state index in [1.165, 1.54) is 18.2 Å². The van der Waals surface area contributed by atoms with Gasteiger partial charge >= 0.3 is 0 Å². The van der Waals surface area contributed by atoms with Crippen molar-refractivity contribution in [2.24, 2.45) is 5.73 Å². The van der Waals surface area contributed by atoms with E-state index in [0.717, 1.165) is 22.5 Å². The maximum Gasteiger partial charge on any atom is 0.221 e. The average Bonchev–Trinajstić information content (AvgIpc) is 3.04. The summed E-state index contributed by atoms with van der Waals surface area (Å²) in [4.78, 5) is 15.9. The lowest BCUT2D eigenvalue weighted by atomic mass is 10.0. The predicted molar refractivity (Wildman–Crippen MR) is 109 cm³/mol. The van der Waals surface area contributed by atoms with Gasteiger partial charge in [0.25, 0.3) is 0 Å². The molecule has 0 unspecified atom stereocenters. The molecule has 0 atom stereocenters. The average molecular weight is 407 g/mol. The number of hydrogen-bond acceptors (Lipinski definition) is 3. The lowest BCUT2D eigenvalue weighted by Crippen LogP contribution is -2.13. The van der Waals surface area contributed by atoms with E-state index in [1.807, 2.05) is 41.8 Å². The summed E-state index contributed by atoms with van der Waals surface area (Å²) in [6, 6.07) is 14.7. The van der Waals surface area contributed by atoms with Crippen LogP contribution in [-0.4, -0.2) is 15.3 Å². The van der Waals surface area contributed by atoms with E-state index in [9.17, 15) is 13.6 Å². The Morgan fingerprint density at radius 3 is 2.57 bits per heavy atom. The zero-order valence-corrected chi connectivity index (χ0v) is 16.2. The number of primary amides is 1. The third-order valence-electron chi connectivity index (χ3n) is 4.80. The van der Waals surface area contributed by atoms with E-state index in [2.05, 4.69) is 4.98 Å². The van der Waals surface area contributed by atoms with Crippen molar-refractivity contribution in [3.63, 3.8) is 0 Å². The van der Waals surface area contributed by atoms with Crippen molar-refractivity contribution >= 4 is 11.6 Å². The van der Waals surface area contributed by atoms with Crippen LogP contribution in [0.2, 0.25) is 0 Å². The largest absolute Gasteiger partial charge is 0.485 e. The topological polar surface area (TPSA) is 69.6 Å². The SMILES string of the molecule is Cc1nc2c(OCc3c(F)cccc3F)cccn2c1-c1cccc(CC(N)=O)c1. The van der Waals surface area contributed by atoms with Crippen molar-refractivity contribution in [2.45, 2.75) is 20.0 Å². The van der Waals surface area contributed by atoms with Crippen LogP contribution in [0, 0.1) is 18.6 Å². The van der Waals surface area contributed by atoms with Gasteiger partial charge in [0.1, 0.15) is 18.2 Å². The highest BCUT2D eigenvalue weighted by Gasteiger charge is 2.16. The first-order valence-corrected chi connectivity index (χ1v) is 9.35. The monoisotopic (exact) mass is 407 g/mol. The lowest BCUT2D eigenvalue weighted by molar-refractivity contribution is -0.117. The van der Waals surface area contributed by atoms with Crippen molar-refractivity contribution in [3.05, 3.63) is 89.2 Å². The number of hydrogen-bond donors (Lipinski definition) is 1. The number of aryl methyl sites for hydroxylation is 1. The summed E-state index contributed by atoms with van der Waals surface area (Å²) >= 11 is 0. The molecular weight excluding hydrogens is 388 g/mol. The fraction of sp³-hybridized carbons (Fsp3) is 0.130. The highest BCUT2D eigenvalue weighted by atomic mass is 19.1. The zero-order chi connectivity index (χ0) is 21.3. The van der Waals surface area contributed by atoms with Gasteiger partial charge in [-0.05, 0) is 42.8 Å². The molecule has 152 valence electrons. The van der Waals surface area contributed by atoms with Crippen LogP contribution in [-0.2, 0) is 17.8 Å². The van der Waals surface area contributed by atoms with Crippen LogP contribution < -0.4 is 10.5 Å². The number of benzene rings is 2. The van der Waals surface area contributed by atoms with Crippen molar-refractivity contribution in [1.29, 1.82) is 0 Å². The first-order valence-electron chi connectivity index (χ1n) is 9.35. The Labute approximate surface area is 171 Å². The Hall–Kier alpha value is -3.74. The van der Waals surface area contributed by atoms with Crippen LogP contribution in [0.5, 0.6) is 5.75 Å². The molecule has 0 spiro atoms. The molecule has 0 aliphatic rings. The fourth-order valence-electron chi connectivity index (χ4n) is 3.47. The van der Waals surface area contributed by atoms with Crippen molar-refractivity contribution in [2.75, 3.05) is 0 Å². The molecule has 0 radical (unpaired) electrons. The number of rotatable bonds is 6. The highest BCUT2D eigenvalue weighted by molar-refractivity contribution is 5.78. The number of amides is 1. The number of nitrogens with zero attached hydrogens (tertiary/aromatic N) is 2. The van der Waals surface area contributed by atoms with Crippen LogP contribution in [0.1, 0.15) is 16.8 Å². The van der Waals surface area contributed by atoms with Gasteiger partial charge in [-0.25, -0.2) is 13.8 Å². The molecule has 0 saturated carbocycles. The van der Waals surface area contributed by atoms with Gasteiger partial charge in [-0.2, -0.15) is 0 Å². The van der Waals surface area contributed by atoms with E-state index in [-0.39, 0.29) is 18.6 Å². The van der Waals surface area contributed by atoms with Crippen LogP contribution in [0.3, 0.4) is 0 Å². The molecule has 2 heterocycles. The number of carbonyl (C=O) groups is 1. The number of pyridine rings is 1. The second kappa shape index (κ2) is 7.94. The number of halogens is 2. The smallest absolute Gasteiger partial charge is 0.221 e. The summed E-state index contributed by atoms with van der Waals surface area (Å²) in [5.41, 5.74) is 8.96. The second-order valence-corrected chi connectivity index (χ2v) is 6.94. The molecule has 0 bridgehead atoms. The molecule has 1 amide bonds. The fourth-order valence-corrected chi connectivity index (χ4v) is 3.47. The summed E-state index contributed by atoms with van der Waals surface area (Å²) < 4.78 is 35.4. The van der Waals surface area contributed by atoms with Gasteiger partial charge in [-0.15, -0.1) is 0 Å². The summed E-state index contributed by atoms with van der Waals surface area (Å²) in [5, 5.41) is 0. The molecule has 0 fully saturated rings. The molecule has 5 nitrogen and oxygen atoms in total. The third kappa shape index (κ3) is 3.74. The van der Waals surface area contributed by atoms with Crippen molar-refractivity contribution in [3.8, 4) is 17.0 Å². The molecular formula is C23H19F2N3O2. The van der Waals surface area contributed by atoms with Gasteiger partial charge in [0.05, 0.1) is 23.4 Å². The third-order valence-corrected chi connectivity index (χ3v) is 4.80. The number of imidazole rings is 1. The summed E-state index contributed by atoms with van der Waals surface area (Å²) in [5.74, 6) is -1.32. The van der Waals surface area contributed by atoms with Gasteiger partial charge in [0, 0.05) is 11.8 Å². The van der Waals surface area contributed by atoms with E-state index in [1.54, 1.807) is 12.1 Å². The van der Waals surface area contributed by atoms with E-state index in [0.29, 0.717) is 11.4 Å². The van der Waals surface area contributed by atoms with E-state index >= 15 is 0 Å². The molecule has 30 heavy (non-hydrogen) atoms. The summed E-state index contributed by atoms with van der Waals surface area (Å²) in [7, 11) is 0. The molecule has 0 aliphatic heterocycles. The Morgan fingerprint density at radius 1 is 1.10 bits per heavy atom. The highest BCUT2D eigenvalue weighted by Crippen LogP contribution is 2.30. The van der Waals surface area contributed by atoms with Gasteiger partial charge < -0.3 is 10.5 Å². The molecule has 4 aromatic rings. The number of aromatic nitrogens is 2. The van der Waals surface area contributed by atoms with Crippen molar-refractivity contribution in [1.82, 2.24) is 9.38 Å². The molecule has 2 N–H and O–H groups in total. The minimum absolute atomic E-state index is 0.137. The molecule has 0 saturated heterocycles. The molecule has 0 aliphatic carbocycles. The van der Waals surface area contributed by atoms with E-state index in [4.69, 9.17) is 10.5 Å². The van der Waals surface area contributed by atoms with Crippen molar-refractivity contribution < 1.29 is 18.3 Å². The second-order valence-electron chi connectivity index (χ2n) is 6.94. The summed E-state index contributed by atoms with van der Waals surface area (Å²) in [6.07, 6.45) is 1.98. The Bertz CT molecular complexity index is 1230. The van der Waals surface area contributed by atoms with Gasteiger partial charge in [0.15, 0.2) is 11.4 Å². The maximum absolute atomic E-state index is 13.9. The summed E-state index contributed by atoms with van der Waals surface area (Å²) in [6.45, 7) is 1.61. The molecule has 7 heteroatoms. The first-order chi connectivity index (χ1) is 14.4. The predicted octanol–water partition coefficient (Wildman–Crippen LogP) is 4.19. The van der Waals surface area contributed by atoms with E-state index < -0.39 is 17.5 Å². The molecule has 4 rings (SSSR count). The maximum atomic E-state index is 13.9. The number of ether oxygens (including phenoxy) is 1. The minimum Gasteiger partial charge on any atom is -0.485 e. The van der Waals surface area contributed by atoms with Gasteiger partial charge in [0.2, 0.25) is 5.91 Å². The Balaban J connectivity index is 1.72. The minimum atomic E-state index is -0.659. The quantitative estimate of drug-likeness (QED) is 0.521. The standard InChI is InChI=1S/C23H19F2N3O2/c1-14-22(16-6-2-5-15(11-16)12-21(26)29)28-10-4-9-20(23(28)27-14)30-13-17-18(24)7-3-8-19(17)25/h2-11H,12-13H2,1H3,(H2,26,29). The normalized spacial score (nSPS) is 11.0. The number of carbonyl (C=O) groups excluding carboxylic acids is 1. The van der Waals surface area contributed by atoms with Crippen LogP contribution in [0.25, 0.3) is 16.9 Å². The Morgan fingerprint density at radius 2 is 1.83 bits per heavy atom. The molecule has 2 aromatic heterocycles. The first kappa shape index (κ1) is 19.6. The van der Waals surface area contributed by atoms with Crippen LogP contribution >= 0.6 is 0 Å². The Kier molecular flexibility index (Phi) is 5.18. The number of fused-ring (bicyclic) bond motifs is 1. The van der Waals surface area contributed by atoms with Crippen LogP contribution in [0.4, 0.5) is 8.78 Å². The van der Waals surface area contributed by atoms with Crippen LogP contribution in [0.15, 0.2) is 60.8 Å². The lowest BCUT2D eigenvalue weighted by Gasteiger charge is -2.10. The zero-order valence-electron chi connectivity index (χ0n) is 16.2. The molecule has 2 aromatic carbocycles. The van der Waals surface area contributed by atoms with Gasteiger partial charge in [-0.1, -0.05) is 24.3 Å². The number of nitrogens with two attached hydrogens (primary N) is 1.